The number of amides is 2. The lowest BCUT2D eigenvalue weighted by atomic mass is 10.1. The van der Waals surface area contributed by atoms with Crippen LogP contribution in [0.15, 0.2) is 46.0 Å². The Labute approximate surface area is 215 Å². The zero-order valence-electron chi connectivity index (χ0n) is 20.1. The molecule has 0 saturated heterocycles. The predicted octanol–water partition coefficient (Wildman–Crippen LogP) is 2.80. The van der Waals surface area contributed by atoms with E-state index in [1.54, 1.807) is 5.01 Å². The Kier molecular flexibility index (Phi) is 8.19. The van der Waals surface area contributed by atoms with Gasteiger partial charge in [-0.1, -0.05) is 13.0 Å². The molecule has 1 aliphatic rings. The van der Waals surface area contributed by atoms with Crippen LogP contribution in [0.1, 0.15) is 45.3 Å². The number of aromatic nitrogens is 1. The van der Waals surface area contributed by atoms with Gasteiger partial charge in [-0.2, -0.15) is 11.3 Å². The van der Waals surface area contributed by atoms with Crippen LogP contribution >= 0.6 is 11.3 Å². The van der Waals surface area contributed by atoms with Crippen molar-refractivity contribution in [3.8, 4) is 5.75 Å². The Morgan fingerprint density at radius 3 is 2.73 bits per heavy atom. The number of nitrogens with zero attached hydrogens (tertiary/aromatic N) is 3. The Bertz CT molecular complexity index is 1350. The molecule has 9 nitrogen and oxygen atoms in total. The number of carbonyl (C=O) groups excluding carboxylic acids is 2. The zero-order chi connectivity index (χ0) is 26.5. The Morgan fingerprint density at radius 1 is 1.22 bits per heavy atom. The average Bonchev–Trinajstić information content (AvgIpc) is 3.38. The van der Waals surface area contributed by atoms with Crippen molar-refractivity contribution in [1.82, 2.24) is 14.9 Å². The van der Waals surface area contributed by atoms with Crippen molar-refractivity contribution in [3.63, 3.8) is 0 Å². The van der Waals surface area contributed by atoms with E-state index in [0.717, 1.165) is 18.1 Å². The van der Waals surface area contributed by atoms with E-state index in [4.69, 9.17) is 4.74 Å². The van der Waals surface area contributed by atoms with E-state index in [1.165, 1.54) is 33.2 Å². The zero-order valence-corrected chi connectivity index (χ0v) is 20.9. The maximum atomic E-state index is 14.0. The molecule has 196 valence electrons. The summed E-state index contributed by atoms with van der Waals surface area (Å²) in [6.45, 7) is 3.20. The van der Waals surface area contributed by atoms with Gasteiger partial charge in [0.2, 0.25) is 5.43 Å². The van der Waals surface area contributed by atoms with Crippen LogP contribution in [-0.2, 0) is 17.8 Å². The van der Waals surface area contributed by atoms with Gasteiger partial charge in [-0.3, -0.25) is 24.1 Å². The minimum Gasteiger partial charge on any atom is -0.502 e. The topological polar surface area (TPSA) is 104 Å². The molecule has 0 radical (unpaired) electrons. The second-order valence-corrected chi connectivity index (χ2v) is 9.23. The van der Waals surface area contributed by atoms with Gasteiger partial charge in [0.05, 0.1) is 13.2 Å². The molecule has 3 aromatic rings. The standard InChI is InChI=1S/C25H26F2N4O5S/c1-2-7-36-8-6-29-15-30(12-16-5-9-37-14-16)31-13-19(22(32)23(33)21(31)25(29)35)24(34)28-11-17-3-4-18(26)10-20(17)27/h3-5,9-10,13-14,33H,2,6-8,11-12,15H2,1H3,(H,28,34). The quantitative estimate of drug-likeness (QED) is 0.389. The fraction of sp³-hybridized carbons (Fsp3) is 0.320. The molecule has 2 N–H and O–H groups in total. The summed E-state index contributed by atoms with van der Waals surface area (Å²) in [6, 6.07) is 4.83. The van der Waals surface area contributed by atoms with Gasteiger partial charge in [0.15, 0.2) is 11.4 Å². The summed E-state index contributed by atoms with van der Waals surface area (Å²) in [7, 11) is 0. The summed E-state index contributed by atoms with van der Waals surface area (Å²) >= 11 is 1.50. The number of hydrogen-bond acceptors (Lipinski definition) is 7. The fourth-order valence-corrected chi connectivity index (χ4v) is 4.56. The first-order chi connectivity index (χ1) is 17.8. The molecule has 0 unspecified atom stereocenters. The lowest BCUT2D eigenvalue weighted by Gasteiger charge is -2.39. The highest BCUT2D eigenvalue weighted by Crippen LogP contribution is 2.23. The highest BCUT2D eigenvalue weighted by atomic mass is 32.1. The van der Waals surface area contributed by atoms with Crippen LogP contribution in [0.25, 0.3) is 0 Å². The third-order valence-electron chi connectivity index (χ3n) is 5.79. The van der Waals surface area contributed by atoms with Crippen LogP contribution in [0.3, 0.4) is 0 Å². The molecule has 0 saturated carbocycles. The van der Waals surface area contributed by atoms with Gasteiger partial charge in [0.1, 0.15) is 23.9 Å². The van der Waals surface area contributed by atoms with E-state index in [2.05, 4.69) is 5.32 Å². The SMILES string of the molecule is CCCOCCN1CN(Cc2ccsc2)n2cc(C(=O)NCc3ccc(F)cc3F)c(=O)c(O)c2C1=O. The van der Waals surface area contributed by atoms with Crippen molar-refractivity contribution in [3.05, 3.63) is 85.5 Å². The second kappa shape index (κ2) is 11.5. The van der Waals surface area contributed by atoms with E-state index < -0.39 is 40.2 Å². The van der Waals surface area contributed by atoms with Crippen molar-refractivity contribution in [1.29, 1.82) is 0 Å². The summed E-state index contributed by atoms with van der Waals surface area (Å²) in [5.74, 6) is -3.91. The smallest absolute Gasteiger partial charge is 0.277 e. The third kappa shape index (κ3) is 5.81. The van der Waals surface area contributed by atoms with Gasteiger partial charge in [-0.15, -0.1) is 0 Å². The van der Waals surface area contributed by atoms with Crippen molar-refractivity contribution in [2.24, 2.45) is 0 Å². The molecular formula is C25H26F2N4O5S. The highest BCUT2D eigenvalue weighted by molar-refractivity contribution is 7.07. The molecule has 2 aromatic heterocycles. The van der Waals surface area contributed by atoms with E-state index in [1.807, 2.05) is 23.8 Å². The molecule has 12 heteroatoms. The number of nitrogens with one attached hydrogen (secondary N) is 1. The number of halogens is 2. The van der Waals surface area contributed by atoms with Crippen LogP contribution in [-0.4, -0.2) is 52.9 Å². The Morgan fingerprint density at radius 2 is 2.03 bits per heavy atom. The van der Waals surface area contributed by atoms with Gasteiger partial charge in [-0.25, -0.2) is 8.78 Å². The first kappa shape index (κ1) is 26.3. The van der Waals surface area contributed by atoms with E-state index in [9.17, 15) is 28.3 Å². The maximum Gasteiger partial charge on any atom is 0.277 e. The summed E-state index contributed by atoms with van der Waals surface area (Å²) < 4.78 is 33.9. The number of benzene rings is 1. The van der Waals surface area contributed by atoms with E-state index in [-0.39, 0.29) is 37.6 Å². The van der Waals surface area contributed by atoms with Crippen molar-refractivity contribution in [2.45, 2.75) is 26.4 Å². The van der Waals surface area contributed by atoms with Crippen LogP contribution in [0.5, 0.6) is 5.75 Å². The van der Waals surface area contributed by atoms with E-state index >= 15 is 0 Å². The number of ether oxygens (including phenoxy) is 1. The van der Waals surface area contributed by atoms with Gasteiger partial charge < -0.3 is 20.1 Å². The number of pyridine rings is 1. The Balaban J connectivity index is 1.64. The number of carbonyl (C=O) groups is 2. The molecule has 1 aliphatic heterocycles. The summed E-state index contributed by atoms with van der Waals surface area (Å²) in [5.41, 5.74) is -0.762. The number of aromatic hydroxyl groups is 1. The molecule has 3 heterocycles. The summed E-state index contributed by atoms with van der Waals surface area (Å²) in [6.07, 6.45) is 2.03. The lowest BCUT2D eigenvalue weighted by Crippen LogP contribution is -2.54. The minimum absolute atomic E-state index is 0.0206. The molecule has 0 spiro atoms. The van der Waals surface area contributed by atoms with Crippen LogP contribution < -0.4 is 15.8 Å². The van der Waals surface area contributed by atoms with Crippen LogP contribution in [0, 0.1) is 11.6 Å². The second-order valence-electron chi connectivity index (χ2n) is 8.45. The van der Waals surface area contributed by atoms with Gasteiger partial charge in [-0.05, 0) is 34.9 Å². The van der Waals surface area contributed by atoms with Gasteiger partial charge in [0, 0.05) is 37.5 Å². The molecule has 4 rings (SSSR count). The number of thiophene rings is 1. The van der Waals surface area contributed by atoms with Gasteiger partial charge >= 0.3 is 0 Å². The average molecular weight is 533 g/mol. The normalized spacial score (nSPS) is 13.1. The molecule has 37 heavy (non-hydrogen) atoms. The summed E-state index contributed by atoms with van der Waals surface area (Å²) in [5, 5.41) is 18.7. The van der Waals surface area contributed by atoms with E-state index in [0.29, 0.717) is 19.2 Å². The van der Waals surface area contributed by atoms with Crippen molar-refractivity contribution < 1.29 is 28.2 Å². The number of rotatable bonds is 10. The Hall–Kier alpha value is -3.77. The van der Waals surface area contributed by atoms with Crippen molar-refractivity contribution in [2.75, 3.05) is 31.4 Å². The molecule has 0 bridgehead atoms. The molecular weight excluding hydrogens is 506 g/mol. The highest BCUT2D eigenvalue weighted by Gasteiger charge is 2.34. The van der Waals surface area contributed by atoms with Crippen LogP contribution in [0.2, 0.25) is 0 Å². The molecule has 0 aliphatic carbocycles. The number of fused-ring (bicyclic) bond motifs is 1. The third-order valence-corrected chi connectivity index (χ3v) is 6.52. The summed E-state index contributed by atoms with van der Waals surface area (Å²) in [4.78, 5) is 40.5. The van der Waals surface area contributed by atoms with Gasteiger partial charge in [0.25, 0.3) is 11.8 Å². The fourth-order valence-electron chi connectivity index (χ4n) is 3.90. The van der Waals surface area contributed by atoms with Crippen LogP contribution in [0.4, 0.5) is 8.78 Å². The molecule has 1 aromatic carbocycles. The predicted molar refractivity (Wildman–Crippen MR) is 133 cm³/mol. The molecule has 2 amide bonds. The number of hydrogen-bond donors (Lipinski definition) is 2. The first-order valence-electron chi connectivity index (χ1n) is 11.6. The lowest BCUT2D eigenvalue weighted by molar-refractivity contribution is 0.0568. The maximum absolute atomic E-state index is 14.0. The largest absolute Gasteiger partial charge is 0.502 e. The molecule has 0 fully saturated rings. The minimum atomic E-state index is -1.03. The first-order valence-corrected chi connectivity index (χ1v) is 12.6. The molecule has 0 atom stereocenters. The van der Waals surface area contributed by atoms with Crippen molar-refractivity contribution >= 4 is 23.2 Å². The monoisotopic (exact) mass is 532 g/mol.